The molecule has 0 bridgehead atoms. The smallest absolute Gasteiger partial charge is 0.286 e. The molecule has 0 aromatic rings. The maximum Gasteiger partial charge on any atom is 0.286 e. The van der Waals surface area contributed by atoms with E-state index in [0.717, 1.165) is 38.3 Å². The molecule has 4 nitrogen and oxygen atoms in total. The molecule has 158 valence electrons. The molecule has 0 heterocycles. The predicted octanol–water partition coefficient (Wildman–Crippen LogP) is 6.30. The molecule has 0 spiro atoms. The number of hydrogen-bond acceptors (Lipinski definition) is 3. The van der Waals surface area contributed by atoms with Crippen LogP contribution < -0.4 is 0 Å². The van der Waals surface area contributed by atoms with Crippen LogP contribution in [0.2, 0.25) is 0 Å². The van der Waals surface area contributed by atoms with Crippen LogP contribution in [0.3, 0.4) is 0 Å². The number of rotatable bonds is 13. The molecule has 5 heteroatoms. The number of carbonyl (C=O) groups is 2. The fourth-order valence-corrected chi connectivity index (χ4v) is 5.89. The molecule has 6 atom stereocenters. The maximum atomic E-state index is 12.6. The van der Waals surface area contributed by atoms with Gasteiger partial charge in [-0.25, -0.2) is 0 Å². The van der Waals surface area contributed by atoms with Crippen molar-refractivity contribution in [2.24, 2.45) is 28.8 Å². The van der Waals surface area contributed by atoms with E-state index in [1.165, 1.54) is 18.4 Å². The highest BCUT2D eigenvalue weighted by atomic mass is 31.1. The number of ketones is 1. The minimum Gasteiger partial charge on any atom is -0.300 e. The van der Waals surface area contributed by atoms with Crippen LogP contribution in [-0.2, 0) is 9.59 Å². The third-order valence-corrected chi connectivity index (χ3v) is 7.80. The fraction of sp³-hybridized carbons (Fsp3) is 0.739. The lowest BCUT2D eigenvalue weighted by Gasteiger charge is -2.42. The normalized spacial score (nSPS) is 24.8. The Balaban J connectivity index is 2.73. The first-order valence-corrected chi connectivity index (χ1v) is 12.0. The predicted molar refractivity (Wildman–Crippen MR) is 120 cm³/mol. The molecule has 1 amide bonds. The monoisotopic (exact) mass is 407 g/mol. The van der Waals surface area contributed by atoms with Gasteiger partial charge in [-0.15, -0.1) is 20.1 Å². The molecule has 0 N–H and O–H groups in total. The molecular formula is C23H38NO3P. The Morgan fingerprint density at radius 1 is 1.36 bits per heavy atom. The molecule has 1 rings (SSSR count). The average Bonchev–Trinajstić information content (AvgIpc) is 2.67. The van der Waals surface area contributed by atoms with Gasteiger partial charge >= 0.3 is 0 Å². The average molecular weight is 408 g/mol. The van der Waals surface area contributed by atoms with E-state index in [4.69, 9.17) is 0 Å². The summed E-state index contributed by atoms with van der Waals surface area (Å²) < 4.78 is 0. The van der Waals surface area contributed by atoms with E-state index in [9.17, 15) is 14.5 Å². The Morgan fingerprint density at radius 3 is 2.64 bits per heavy atom. The van der Waals surface area contributed by atoms with Gasteiger partial charge in [-0.3, -0.25) is 9.59 Å². The number of amides is 1. The van der Waals surface area contributed by atoms with Gasteiger partial charge < -0.3 is 0 Å². The number of allylic oxidation sites excluding steroid dienone is 2. The van der Waals surface area contributed by atoms with Gasteiger partial charge in [-0.05, 0) is 68.6 Å². The summed E-state index contributed by atoms with van der Waals surface area (Å²) in [5.74, 6) is 0.833. The zero-order valence-corrected chi connectivity index (χ0v) is 18.9. The minimum atomic E-state index is -0.553. The molecular weight excluding hydrogens is 369 g/mol. The van der Waals surface area contributed by atoms with Gasteiger partial charge in [0.1, 0.15) is 5.78 Å². The van der Waals surface area contributed by atoms with Crippen LogP contribution in [-0.4, -0.2) is 23.5 Å². The van der Waals surface area contributed by atoms with Gasteiger partial charge in [0.2, 0.25) is 0 Å². The second kappa shape index (κ2) is 13.1. The van der Waals surface area contributed by atoms with Crippen molar-refractivity contribution in [1.82, 2.24) is 0 Å². The lowest BCUT2D eigenvalue weighted by Crippen LogP contribution is -2.38. The molecule has 0 aromatic heterocycles. The van der Waals surface area contributed by atoms with Crippen molar-refractivity contribution in [1.29, 1.82) is 0 Å². The van der Waals surface area contributed by atoms with E-state index in [1.54, 1.807) is 6.92 Å². The number of unbranched alkanes of at least 4 members (excludes halogenated alkanes) is 1. The van der Waals surface area contributed by atoms with Crippen LogP contribution in [0.1, 0.15) is 72.1 Å². The lowest BCUT2D eigenvalue weighted by molar-refractivity contribution is -0.125. The standard InChI is InChI=1S/C23H38NO3P/c1-6-8-9-19(7-2)21-12-10-16(3)20(23(21)18(5)25)13-11-17(4)28-15-14-22(26)24-27/h7,17,19-21,23,28H,2-3,6,8-15H2,1,4-5H3/t17-,19?,20-,21-,23-/m1/s1. The highest BCUT2D eigenvalue weighted by molar-refractivity contribution is 7.38. The summed E-state index contributed by atoms with van der Waals surface area (Å²) >= 11 is 0. The van der Waals surface area contributed by atoms with Gasteiger partial charge in [0.25, 0.3) is 5.91 Å². The van der Waals surface area contributed by atoms with Crippen molar-refractivity contribution in [2.75, 3.05) is 6.16 Å². The molecule has 1 saturated carbocycles. The summed E-state index contributed by atoms with van der Waals surface area (Å²) in [5.41, 5.74) is 1.71. The topological polar surface area (TPSA) is 63.6 Å². The molecule has 0 aromatic carbocycles. The first-order chi connectivity index (χ1) is 13.3. The highest BCUT2D eigenvalue weighted by Gasteiger charge is 2.40. The maximum absolute atomic E-state index is 12.6. The first-order valence-electron chi connectivity index (χ1n) is 10.8. The van der Waals surface area contributed by atoms with E-state index >= 15 is 0 Å². The molecule has 0 aliphatic heterocycles. The highest BCUT2D eigenvalue weighted by Crippen LogP contribution is 2.46. The quantitative estimate of drug-likeness (QED) is 0.204. The van der Waals surface area contributed by atoms with Crippen LogP contribution in [0.4, 0.5) is 0 Å². The van der Waals surface area contributed by atoms with Crippen molar-refractivity contribution >= 4 is 20.3 Å². The third kappa shape index (κ3) is 7.70. The molecule has 2 unspecified atom stereocenters. The molecule has 1 aliphatic rings. The SMILES string of the molecule is C=CC(CCCC)[C@H]1CCC(=C)[C@@H](CC[C@@H](C)PCCC(=O)N=O)[C@H]1C(C)=O. The van der Waals surface area contributed by atoms with Crippen molar-refractivity contribution in [3.8, 4) is 0 Å². The van der Waals surface area contributed by atoms with E-state index in [-0.39, 0.29) is 24.0 Å². The van der Waals surface area contributed by atoms with Gasteiger partial charge in [-0.2, -0.15) is 0 Å². The Morgan fingerprint density at radius 2 is 2.07 bits per heavy atom. The summed E-state index contributed by atoms with van der Waals surface area (Å²) in [4.78, 5) is 33.8. The van der Waals surface area contributed by atoms with Crippen LogP contribution in [0, 0.1) is 28.6 Å². The van der Waals surface area contributed by atoms with Crippen LogP contribution in [0.5, 0.6) is 0 Å². The second-order valence-electron chi connectivity index (χ2n) is 8.31. The van der Waals surface area contributed by atoms with Gasteiger partial charge in [0.05, 0.1) is 0 Å². The Hall–Kier alpha value is -1.15. The van der Waals surface area contributed by atoms with E-state index in [1.807, 2.05) is 0 Å². The van der Waals surface area contributed by atoms with Crippen LogP contribution in [0.15, 0.2) is 30.0 Å². The largest absolute Gasteiger partial charge is 0.300 e. The van der Waals surface area contributed by atoms with E-state index in [2.05, 4.69) is 38.3 Å². The minimum absolute atomic E-state index is 0.0532. The zero-order valence-electron chi connectivity index (χ0n) is 17.9. The Bertz CT molecular complexity index is 560. The first kappa shape index (κ1) is 24.9. The Kier molecular flexibility index (Phi) is 11.7. The fourth-order valence-electron chi connectivity index (χ4n) is 4.67. The molecule has 0 saturated heterocycles. The molecule has 0 radical (unpaired) electrons. The van der Waals surface area contributed by atoms with Crippen molar-refractivity contribution < 1.29 is 9.59 Å². The number of hydrogen-bond donors (Lipinski definition) is 0. The van der Waals surface area contributed by atoms with Crippen molar-refractivity contribution in [3.05, 3.63) is 29.7 Å². The van der Waals surface area contributed by atoms with Crippen LogP contribution >= 0.6 is 8.58 Å². The van der Waals surface area contributed by atoms with Crippen molar-refractivity contribution in [2.45, 2.75) is 77.8 Å². The molecule has 1 fully saturated rings. The summed E-state index contributed by atoms with van der Waals surface area (Å²) in [6.45, 7) is 14.5. The van der Waals surface area contributed by atoms with E-state index < -0.39 is 5.91 Å². The van der Waals surface area contributed by atoms with Crippen LogP contribution in [0.25, 0.3) is 0 Å². The van der Waals surface area contributed by atoms with Gasteiger partial charge in [0.15, 0.2) is 0 Å². The second-order valence-corrected chi connectivity index (χ2v) is 10.2. The van der Waals surface area contributed by atoms with Gasteiger partial charge in [-0.1, -0.05) is 44.9 Å². The summed E-state index contributed by atoms with van der Waals surface area (Å²) in [6.07, 6.45) is 10.6. The number of nitroso groups, excluding NO2 is 1. The van der Waals surface area contributed by atoms with Crippen molar-refractivity contribution in [3.63, 3.8) is 0 Å². The summed E-state index contributed by atoms with van der Waals surface area (Å²) in [5, 5.41) is 2.46. The van der Waals surface area contributed by atoms with Gasteiger partial charge in [0, 0.05) is 17.5 Å². The summed E-state index contributed by atoms with van der Waals surface area (Å²) in [7, 11) is 0.640. The number of carbonyl (C=O) groups excluding carboxylic acids is 2. The van der Waals surface area contributed by atoms with E-state index in [0.29, 0.717) is 26.1 Å². The number of Topliss-reactive ketones (excluding diaryl/α,β-unsaturated/α-hetero) is 1. The summed E-state index contributed by atoms with van der Waals surface area (Å²) in [6, 6.07) is 0. The molecule has 1 aliphatic carbocycles. The Labute approximate surface area is 172 Å². The zero-order chi connectivity index (χ0) is 21.1. The lowest BCUT2D eigenvalue weighted by atomic mass is 9.62. The third-order valence-electron chi connectivity index (χ3n) is 6.28. The number of nitrogens with zero attached hydrogens (tertiary/aromatic N) is 1. The molecule has 28 heavy (non-hydrogen) atoms.